The molecule has 0 bridgehead atoms. The first kappa shape index (κ1) is 16.6. The third-order valence-corrected chi connectivity index (χ3v) is 5.93. The third-order valence-electron chi connectivity index (χ3n) is 4.12. The molecule has 1 saturated heterocycles. The van der Waals surface area contributed by atoms with Gasteiger partial charge in [-0.25, -0.2) is 13.4 Å². The van der Waals surface area contributed by atoms with Crippen molar-refractivity contribution in [2.45, 2.75) is 11.1 Å². The fourth-order valence-corrected chi connectivity index (χ4v) is 4.19. The molecule has 1 atom stereocenters. The number of rotatable bonds is 4. The van der Waals surface area contributed by atoms with Gasteiger partial charge in [-0.15, -0.1) is 0 Å². The van der Waals surface area contributed by atoms with E-state index in [4.69, 9.17) is 0 Å². The normalized spacial score (nSPS) is 18.0. The molecule has 2 heterocycles. The Hall–Kier alpha value is -2.27. The maximum Gasteiger partial charge on any atom is 0.260 e. The zero-order valence-corrected chi connectivity index (χ0v) is 13.9. The van der Waals surface area contributed by atoms with E-state index < -0.39 is 10.0 Å². The number of nitriles is 1. The number of benzene rings is 1. The van der Waals surface area contributed by atoms with E-state index in [0.29, 0.717) is 26.2 Å². The highest BCUT2D eigenvalue weighted by Gasteiger charge is 2.32. The van der Waals surface area contributed by atoms with Gasteiger partial charge in [0.05, 0.1) is 6.07 Å². The van der Waals surface area contributed by atoms with Crippen LogP contribution < -0.4 is 0 Å². The van der Waals surface area contributed by atoms with Crippen LogP contribution in [0, 0.1) is 11.3 Å². The molecule has 6 nitrogen and oxygen atoms in total. The molecule has 124 valence electrons. The van der Waals surface area contributed by atoms with Crippen LogP contribution in [0.25, 0.3) is 0 Å². The summed E-state index contributed by atoms with van der Waals surface area (Å²) in [5.41, 5.74) is 0.932. The molecular formula is C17H18N4O2S. The van der Waals surface area contributed by atoms with Crippen LogP contribution in [0.4, 0.5) is 0 Å². The minimum Gasteiger partial charge on any atom is -0.282 e. The van der Waals surface area contributed by atoms with Gasteiger partial charge in [-0.3, -0.25) is 4.90 Å². The molecule has 1 fully saturated rings. The molecule has 0 N–H and O–H groups in total. The van der Waals surface area contributed by atoms with Crippen LogP contribution in [0.1, 0.15) is 11.6 Å². The van der Waals surface area contributed by atoms with Gasteiger partial charge in [0.15, 0.2) is 5.03 Å². The first-order valence-corrected chi connectivity index (χ1v) is 9.17. The minimum absolute atomic E-state index is 0.0679. The Kier molecular flexibility index (Phi) is 4.90. The van der Waals surface area contributed by atoms with Crippen LogP contribution >= 0.6 is 0 Å². The van der Waals surface area contributed by atoms with Crippen LogP contribution in [-0.4, -0.2) is 48.8 Å². The second kappa shape index (κ2) is 7.09. The average molecular weight is 342 g/mol. The highest BCUT2D eigenvalue weighted by Crippen LogP contribution is 2.23. The largest absolute Gasteiger partial charge is 0.282 e. The van der Waals surface area contributed by atoms with E-state index in [1.165, 1.54) is 16.6 Å². The molecule has 1 aromatic carbocycles. The summed E-state index contributed by atoms with van der Waals surface area (Å²) in [4.78, 5) is 5.96. The van der Waals surface area contributed by atoms with Crippen molar-refractivity contribution in [3.8, 4) is 6.07 Å². The average Bonchev–Trinajstić information content (AvgIpc) is 2.64. The maximum absolute atomic E-state index is 12.6. The predicted molar refractivity (Wildman–Crippen MR) is 89.4 cm³/mol. The van der Waals surface area contributed by atoms with Crippen LogP contribution in [0.15, 0.2) is 59.8 Å². The Morgan fingerprint density at radius 2 is 1.67 bits per heavy atom. The minimum atomic E-state index is -3.57. The second-order valence-corrected chi connectivity index (χ2v) is 7.44. The molecule has 24 heavy (non-hydrogen) atoms. The van der Waals surface area contributed by atoms with Crippen molar-refractivity contribution in [1.29, 1.82) is 5.26 Å². The predicted octanol–water partition coefficient (Wildman–Crippen LogP) is 1.65. The smallest absolute Gasteiger partial charge is 0.260 e. The molecule has 1 aliphatic rings. The molecule has 1 aromatic heterocycles. The highest BCUT2D eigenvalue weighted by atomic mass is 32.2. The summed E-state index contributed by atoms with van der Waals surface area (Å²) in [5, 5.41) is 9.57. The lowest BCUT2D eigenvalue weighted by molar-refractivity contribution is 0.162. The van der Waals surface area contributed by atoms with E-state index in [0.717, 1.165) is 5.56 Å². The lowest BCUT2D eigenvalue weighted by atomic mass is 10.1. The number of aromatic nitrogens is 1. The molecule has 7 heteroatoms. The summed E-state index contributed by atoms with van der Waals surface area (Å²) >= 11 is 0. The zero-order valence-electron chi connectivity index (χ0n) is 13.1. The summed E-state index contributed by atoms with van der Waals surface area (Å²) < 4.78 is 26.6. The van der Waals surface area contributed by atoms with Gasteiger partial charge in [-0.1, -0.05) is 36.4 Å². The molecule has 0 radical (unpaired) electrons. The summed E-state index contributed by atoms with van der Waals surface area (Å²) in [6, 6.07) is 16.4. The Labute approximate surface area is 142 Å². The summed E-state index contributed by atoms with van der Waals surface area (Å²) in [6.07, 6.45) is 1.48. The summed E-state index contributed by atoms with van der Waals surface area (Å²) in [6.45, 7) is 1.73. The van der Waals surface area contributed by atoms with Gasteiger partial charge < -0.3 is 0 Å². The van der Waals surface area contributed by atoms with Gasteiger partial charge in [0.1, 0.15) is 6.04 Å². The van der Waals surface area contributed by atoms with Crippen LogP contribution in [0.3, 0.4) is 0 Å². The van der Waals surface area contributed by atoms with Crippen molar-refractivity contribution >= 4 is 10.0 Å². The molecule has 0 aliphatic carbocycles. The quantitative estimate of drug-likeness (QED) is 0.844. The number of hydrogen-bond donors (Lipinski definition) is 0. The monoisotopic (exact) mass is 342 g/mol. The van der Waals surface area contributed by atoms with Crippen molar-refractivity contribution in [1.82, 2.24) is 14.2 Å². The first-order chi connectivity index (χ1) is 11.6. The van der Waals surface area contributed by atoms with E-state index in [1.807, 2.05) is 35.2 Å². The van der Waals surface area contributed by atoms with E-state index in [-0.39, 0.29) is 11.1 Å². The zero-order chi connectivity index (χ0) is 17.0. The number of nitrogens with zero attached hydrogens (tertiary/aromatic N) is 4. The second-order valence-electron chi connectivity index (χ2n) is 5.55. The lowest BCUT2D eigenvalue weighted by Gasteiger charge is -2.36. The molecule has 1 aliphatic heterocycles. The van der Waals surface area contributed by atoms with Gasteiger partial charge in [-0.2, -0.15) is 9.57 Å². The fraction of sp³-hybridized carbons (Fsp3) is 0.294. The Morgan fingerprint density at radius 1 is 1.00 bits per heavy atom. The highest BCUT2D eigenvalue weighted by molar-refractivity contribution is 7.89. The lowest BCUT2D eigenvalue weighted by Crippen LogP contribution is -2.49. The van der Waals surface area contributed by atoms with Crippen molar-refractivity contribution in [3.05, 3.63) is 60.3 Å². The standard InChI is InChI=1S/C17H18N4O2S/c18-14-16(15-6-2-1-3-7-15)20-10-12-21(13-11-20)24(22,23)17-8-4-5-9-19-17/h1-9,16H,10-13H2/t16-/m0/s1. The molecule has 2 aromatic rings. The van der Waals surface area contributed by atoms with Crippen LogP contribution in [0.5, 0.6) is 0 Å². The summed E-state index contributed by atoms with van der Waals surface area (Å²) in [7, 11) is -3.57. The molecule has 0 spiro atoms. The van der Waals surface area contributed by atoms with Gasteiger partial charge in [0.25, 0.3) is 10.0 Å². The Bertz CT molecular complexity index is 811. The van der Waals surface area contributed by atoms with Crippen molar-refractivity contribution in [3.63, 3.8) is 0 Å². The van der Waals surface area contributed by atoms with Gasteiger partial charge in [0, 0.05) is 32.4 Å². The van der Waals surface area contributed by atoms with Crippen molar-refractivity contribution < 1.29 is 8.42 Å². The van der Waals surface area contributed by atoms with E-state index >= 15 is 0 Å². The first-order valence-electron chi connectivity index (χ1n) is 7.73. The van der Waals surface area contributed by atoms with Crippen LogP contribution in [-0.2, 0) is 10.0 Å². The molecule has 0 unspecified atom stereocenters. The molecule has 0 saturated carbocycles. The number of sulfonamides is 1. The Morgan fingerprint density at radius 3 is 2.25 bits per heavy atom. The van der Waals surface area contributed by atoms with Crippen molar-refractivity contribution in [2.24, 2.45) is 0 Å². The van der Waals surface area contributed by atoms with E-state index in [2.05, 4.69) is 11.1 Å². The SMILES string of the molecule is N#C[C@@H](c1ccccc1)N1CCN(S(=O)(=O)c2ccccn2)CC1. The molecular weight excluding hydrogens is 324 g/mol. The van der Waals surface area contributed by atoms with Gasteiger partial charge in [-0.05, 0) is 17.7 Å². The molecule has 0 amide bonds. The Balaban J connectivity index is 1.71. The van der Waals surface area contributed by atoms with Crippen LogP contribution in [0.2, 0.25) is 0 Å². The van der Waals surface area contributed by atoms with E-state index in [9.17, 15) is 13.7 Å². The number of pyridine rings is 1. The number of hydrogen-bond acceptors (Lipinski definition) is 5. The van der Waals surface area contributed by atoms with Gasteiger partial charge in [0.2, 0.25) is 0 Å². The summed E-state index contributed by atoms with van der Waals surface area (Å²) in [5.74, 6) is 0. The topological polar surface area (TPSA) is 77.3 Å². The van der Waals surface area contributed by atoms with Crippen molar-refractivity contribution in [2.75, 3.05) is 26.2 Å². The maximum atomic E-state index is 12.6. The molecule has 3 rings (SSSR count). The van der Waals surface area contributed by atoms with Gasteiger partial charge >= 0.3 is 0 Å². The fourth-order valence-electron chi connectivity index (χ4n) is 2.84. The van der Waals surface area contributed by atoms with E-state index in [1.54, 1.807) is 12.1 Å². The number of piperazine rings is 1. The third kappa shape index (κ3) is 3.31.